The van der Waals surface area contributed by atoms with Crippen molar-refractivity contribution in [1.29, 1.82) is 0 Å². The first-order valence-electron chi connectivity index (χ1n) is 6.73. The summed E-state index contributed by atoms with van der Waals surface area (Å²) in [5.74, 6) is 3.20. The molecule has 0 bridgehead atoms. The van der Waals surface area contributed by atoms with Crippen LogP contribution in [0.4, 0.5) is 0 Å². The highest BCUT2D eigenvalue weighted by molar-refractivity contribution is 7.08. The van der Waals surface area contributed by atoms with E-state index in [0.29, 0.717) is 13.1 Å². The van der Waals surface area contributed by atoms with Gasteiger partial charge in [-0.15, -0.1) is 6.42 Å². The molecule has 2 N–H and O–H groups in total. The molecule has 0 aliphatic carbocycles. The molecular weight excluding hydrogens is 282 g/mol. The van der Waals surface area contributed by atoms with E-state index >= 15 is 0 Å². The standard InChI is InChI=1S/C17H19NO2S/c1-3-9-20-16-6-4-14(5-7-16)11-18-13-17(2,19)15-8-10-21-12-15/h1,4-8,10,12,18-19H,9,11,13H2,2H3. The fraction of sp³-hybridized carbons (Fsp3) is 0.294. The van der Waals surface area contributed by atoms with Gasteiger partial charge >= 0.3 is 0 Å². The van der Waals surface area contributed by atoms with Crippen molar-refractivity contribution in [2.75, 3.05) is 13.2 Å². The number of nitrogens with one attached hydrogen (secondary N) is 1. The molecule has 1 aromatic carbocycles. The van der Waals surface area contributed by atoms with Crippen molar-refractivity contribution in [1.82, 2.24) is 5.32 Å². The average Bonchev–Trinajstić information content (AvgIpc) is 3.01. The zero-order valence-corrected chi connectivity index (χ0v) is 12.8. The number of ether oxygens (including phenoxy) is 1. The SMILES string of the molecule is C#CCOc1ccc(CNCC(C)(O)c2ccsc2)cc1. The minimum Gasteiger partial charge on any atom is -0.481 e. The molecule has 1 unspecified atom stereocenters. The monoisotopic (exact) mass is 301 g/mol. The number of hydrogen-bond acceptors (Lipinski definition) is 4. The molecule has 0 spiro atoms. The molecule has 1 heterocycles. The Hall–Kier alpha value is -1.80. The summed E-state index contributed by atoms with van der Waals surface area (Å²) in [7, 11) is 0. The van der Waals surface area contributed by atoms with Gasteiger partial charge in [-0.1, -0.05) is 18.1 Å². The van der Waals surface area contributed by atoms with E-state index in [9.17, 15) is 5.11 Å². The van der Waals surface area contributed by atoms with Crippen molar-refractivity contribution < 1.29 is 9.84 Å². The van der Waals surface area contributed by atoms with Crippen LogP contribution in [0.5, 0.6) is 5.75 Å². The lowest BCUT2D eigenvalue weighted by Gasteiger charge is -2.23. The second-order valence-electron chi connectivity index (χ2n) is 5.03. The van der Waals surface area contributed by atoms with Crippen molar-refractivity contribution in [3.63, 3.8) is 0 Å². The first-order chi connectivity index (χ1) is 10.1. The van der Waals surface area contributed by atoms with E-state index in [4.69, 9.17) is 11.2 Å². The zero-order valence-electron chi connectivity index (χ0n) is 12.0. The van der Waals surface area contributed by atoms with Crippen LogP contribution >= 0.6 is 11.3 Å². The van der Waals surface area contributed by atoms with Crippen molar-refractivity contribution >= 4 is 11.3 Å². The van der Waals surface area contributed by atoms with Crippen LogP contribution in [-0.2, 0) is 12.1 Å². The molecule has 1 atom stereocenters. The molecule has 110 valence electrons. The van der Waals surface area contributed by atoms with Crippen LogP contribution in [0, 0.1) is 12.3 Å². The molecule has 0 fully saturated rings. The molecule has 21 heavy (non-hydrogen) atoms. The van der Waals surface area contributed by atoms with E-state index < -0.39 is 5.60 Å². The molecule has 0 aliphatic rings. The van der Waals surface area contributed by atoms with Gasteiger partial charge in [0, 0.05) is 13.1 Å². The van der Waals surface area contributed by atoms with E-state index in [1.54, 1.807) is 11.3 Å². The van der Waals surface area contributed by atoms with Crippen molar-refractivity contribution in [3.05, 3.63) is 52.2 Å². The predicted octanol–water partition coefficient (Wildman–Crippen LogP) is 2.76. The Morgan fingerprint density at radius 1 is 1.33 bits per heavy atom. The lowest BCUT2D eigenvalue weighted by Crippen LogP contribution is -2.34. The van der Waals surface area contributed by atoms with Gasteiger partial charge < -0.3 is 15.2 Å². The maximum Gasteiger partial charge on any atom is 0.148 e. The maximum absolute atomic E-state index is 10.4. The molecule has 0 aliphatic heterocycles. The molecule has 2 rings (SSSR count). The smallest absolute Gasteiger partial charge is 0.148 e. The summed E-state index contributed by atoms with van der Waals surface area (Å²) in [6, 6.07) is 9.71. The average molecular weight is 301 g/mol. The van der Waals surface area contributed by atoms with Crippen LogP contribution in [0.25, 0.3) is 0 Å². The second-order valence-corrected chi connectivity index (χ2v) is 5.81. The van der Waals surface area contributed by atoms with Crippen molar-refractivity contribution in [3.8, 4) is 18.1 Å². The highest BCUT2D eigenvalue weighted by Crippen LogP contribution is 2.22. The molecule has 3 nitrogen and oxygen atoms in total. The van der Waals surface area contributed by atoms with Gasteiger partial charge in [0.2, 0.25) is 0 Å². The number of thiophene rings is 1. The minimum atomic E-state index is -0.851. The minimum absolute atomic E-state index is 0.279. The molecule has 0 radical (unpaired) electrons. The lowest BCUT2D eigenvalue weighted by atomic mass is 9.99. The van der Waals surface area contributed by atoms with E-state index in [1.165, 1.54) is 0 Å². The van der Waals surface area contributed by atoms with E-state index in [2.05, 4.69) is 11.2 Å². The van der Waals surface area contributed by atoms with E-state index in [-0.39, 0.29) is 6.61 Å². The van der Waals surface area contributed by atoms with Crippen molar-refractivity contribution in [2.45, 2.75) is 19.1 Å². The fourth-order valence-electron chi connectivity index (χ4n) is 1.95. The zero-order chi connectivity index (χ0) is 15.1. The van der Waals surface area contributed by atoms with Gasteiger partial charge in [0.05, 0.1) is 5.60 Å². The summed E-state index contributed by atoms with van der Waals surface area (Å²) in [5, 5.41) is 17.6. The predicted molar refractivity (Wildman–Crippen MR) is 86.4 cm³/mol. The van der Waals surface area contributed by atoms with Crippen LogP contribution in [0.15, 0.2) is 41.1 Å². The van der Waals surface area contributed by atoms with Gasteiger partial charge in [-0.25, -0.2) is 0 Å². The molecule has 4 heteroatoms. The van der Waals surface area contributed by atoms with Crippen LogP contribution in [0.1, 0.15) is 18.1 Å². The van der Waals surface area contributed by atoms with Gasteiger partial charge in [0.15, 0.2) is 0 Å². The lowest BCUT2D eigenvalue weighted by molar-refractivity contribution is 0.0571. The van der Waals surface area contributed by atoms with E-state index in [1.807, 2.05) is 48.0 Å². The summed E-state index contributed by atoms with van der Waals surface area (Å²) in [4.78, 5) is 0. The number of benzene rings is 1. The summed E-state index contributed by atoms with van der Waals surface area (Å²) in [6.45, 7) is 3.29. The van der Waals surface area contributed by atoms with E-state index in [0.717, 1.165) is 16.9 Å². The third kappa shape index (κ3) is 4.61. The Labute approximate surface area is 129 Å². The molecule has 0 saturated carbocycles. The summed E-state index contributed by atoms with van der Waals surface area (Å²) in [6.07, 6.45) is 5.14. The normalized spacial score (nSPS) is 13.4. The molecule has 2 aromatic rings. The largest absolute Gasteiger partial charge is 0.481 e. The Morgan fingerprint density at radius 2 is 2.10 bits per heavy atom. The fourth-order valence-corrected chi connectivity index (χ4v) is 2.73. The van der Waals surface area contributed by atoms with Crippen LogP contribution in [-0.4, -0.2) is 18.3 Å². The first-order valence-corrected chi connectivity index (χ1v) is 7.67. The third-order valence-electron chi connectivity index (χ3n) is 3.19. The van der Waals surface area contributed by atoms with Gasteiger partial charge in [0.1, 0.15) is 12.4 Å². The molecule has 1 aromatic heterocycles. The van der Waals surface area contributed by atoms with Crippen LogP contribution < -0.4 is 10.1 Å². The van der Waals surface area contributed by atoms with Gasteiger partial charge in [-0.3, -0.25) is 0 Å². The highest BCUT2D eigenvalue weighted by Gasteiger charge is 2.22. The second kappa shape index (κ2) is 7.28. The number of terminal acetylenes is 1. The Bertz CT molecular complexity index is 582. The molecule has 0 saturated heterocycles. The van der Waals surface area contributed by atoms with Gasteiger partial charge in [-0.05, 0) is 47.0 Å². The summed E-state index contributed by atoms with van der Waals surface area (Å²) in [5.41, 5.74) is 1.22. The third-order valence-corrected chi connectivity index (χ3v) is 3.87. The van der Waals surface area contributed by atoms with Gasteiger partial charge in [-0.2, -0.15) is 11.3 Å². The number of hydrogen-bond donors (Lipinski definition) is 2. The summed E-state index contributed by atoms with van der Waals surface area (Å²) >= 11 is 1.59. The van der Waals surface area contributed by atoms with Gasteiger partial charge in [0.25, 0.3) is 0 Å². The quantitative estimate of drug-likeness (QED) is 0.773. The first kappa shape index (κ1) is 15.6. The Balaban J connectivity index is 1.82. The number of rotatable bonds is 7. The summed E-state index contributed by atoms with van der Waals surface area (Å²) < 4.78 is 5.32. The van der Waals surface area contributed by atoms with Crippen LogP contribution in [0.2, 0.25) is 0 Å². The Kier molecular flexibility index (Phi) is 5.40. The number of aliphatic hydroxyl groups is 1. The van der Waals surface area contributed by atoms with Crippen LogP contribution in [0.3, 0.4) is 0 Å². The molecule has 0 amide bonds. The molecular formula is C17H19NO2S. The Morgan fingerprint density at radius 3 is 2.71 bits per heavy atom. The van der Waals surface area contributed by atoms with Crippen molar-refractivity contribution in [2.24, 2.45) is 0 Å². The highest BCUT2D eigenvalue weighted by atomic mass is 32.1. The topological polar surface area (TPSA) is 41.5 Å². The maximum atomic E-state index is 10.4.